The molecule has 28 heavy (non-hydrogen) atoms. The molecule has 2 aromatic carbocycles. The molecule has 0 unspecified atom stereocenters. The van der Waals surface area contributed by atoms with Crippen molar-refractivity contribution < 1.29 is 0 Å². The van der Waals surface area contributed by atoms with Crippen LogP contribution < -0.4 is 0 Å². The molecule has 0 atom stereocenters. The van der Waals surface area contributed by atoms with Crippen molar-refractivity contribution >= 4 is 22.3 Å². The van der Waals surface area contributed by atoms with Crippen molar-refractivity contribution in [2.24, 2.45) is 0 Å². The molecule has 4 aromatic rings. The van der Waals surface area contributed by atoms with Gasteiger partial charge in [-0.3, -0.25) is 0 Å². The van der Waals surface area contributed by atoms with E-state index in [9.17, 15) is 0 Å². The average Bonchev–Trinajstić information content (AvgIpc) is 3.32. The lowest BCUT2D eigenvalue weighted by Crippen LogP contribution is -2.11. The van der Waals surface area contributed by atoms with Crippen LogP contribution >= 0.6 is 0 Å². The van der Waals surface area contributed by atoms with E-state index in [-0.39, 0.29) is 5.41 Å². The van der Waals surface area contributed by atoms with Gasteiger partial charge in [0.25, 0.3) is 0 Å². The van der Waals surface area contributed by atoms with Gasteiger partial charge >= 0.3 is 0 Å². The van der Waals surface area contributed by atoms with Gasteiger partial charge in [0.15, 0.2) is 11.3 Å². The van der Waals surface area contributed by atoms with Crippen molar-refractivity contribution in [2.75, 3.05) is 0 Å². The third kappa shape index (κ3) is 2.88. The summed E-state index contributed by atoms with van der Waals surface area (Å²) in [5.41, 5.74) is 6.13. The number of aromatic nitrogens is 4. The SMILES string of the molecule is CC(C)(C)c1ccc(-c2nc3nc4ccccc4nc3n2C2CCCC2)cc1. The molecule has 1 aliphatic rings. The predicted octanol–water partition coefficient (Wildman–Crippen LogP) is 6.06. The molecule has 142 valence electrons. The first-order valence-corrected chi connectivity index (χ1v) is 10.3. The van der Waals surface area contributed by atoms with Crippen LogP contribution in [0.25, 0.3) is 33.7 Å². The number of para-hydroxylation sites is 2. The third-order valence-electron chi connectivity index (χ3n) is 5.90. The van der Waals surface area contributed by atoms with Crippen molar-refractivity contribution in [3.05, 3.63) is 54.1 Å². The highest BCUT2D eigenvalue weighted by atomic mass is 15.2. The second-order valence-corrected chi connectivity index (χ2v) is 8.93. The third-order valence-corrected chi connectivity index (χ3v) is 5.90. The summed E-state index contributed by atoms with van der Waals surface area (Å²) in [6.07, 6.45) is 4.92. The van der Waals surface area contributed by atoms with Crippen LogP contribution in [0.4, 0.5) is 0 Å². The molecule has 1 aliphatic carbocycles. The number of nitrogens with zero attached hydrogens (tertiary/aromatic N) is 4. The molecule has 0 radical (unpaired) electrons. The summed E-state index contributed by atoms with van der Waals surface area (Å²) < 4.78 is 2.36. The Morgan fingerprint density at radius 2 is 1.46 bits per heavy atom. The zero-order valence-corrected chi connectivity index (χ0v) is 16.8. The molecule has 1 fully saturated rings. The van der Waals surface area contributed by atoms with Crippen LogP contribution in [-0.2, 0) is 5.41 Å². The van der Waals surface area contributed by atoms with E-state index in [0.717, 1.165) is 33.7 Å². The molecule has 5 rings (SSSR count). The van der Waals surface area contributed by atoms with Gasteiger partial charge in [0.05, 0.1) is 11.0 Å². The molecule has 4 heteroatoms. The lowest BCUT2D eigenvalue weighted by Gasteiger charge is -2.20. The molecule has 1 saturated carbocycles. The second kappa shape index (κ2) is 6.40. The van der Waals surface area contributed by atoms with E-state index in [1.54, 1.807) is 0 Å². The smallest absolute Gasteiger partial charge is 0.198 e. The first-order chi connectivity index (χ1) is 13.5. The van der Waals surface area contributed by atoms with Crippen molar-refractivity contribution in [1.82, 2.24) is 19.5 Å². The minimum Gasteiger partial charge on any atom is -0.304 e. The molecule has 0 bridgehead atoms. The van der Waals surface area contributed by atoms with Gasteiger partial charge in [0.2, 0.25) is 0 Å². The summed E-state index contributed by atoms with van der Waals surface area (Å²) in [6, 6.07) is 17.4. The summed E-state index contributed by atoms with van der Waals surface area (Å²) in [6.45, 7) is 6.74. The van der Waals surface area contributed by atoms with E-state index in [4.69, 9.17) is 15.0 Å². The van der Waals surface area contributed by atoms with Gasteiger partial charge in [-0.25, -0.2) is 15.0 Å². The Balaban J connectivity index is 1.72. The number of hydrogen-bond acceptors (Lipinski definition) is 3. The van der Waals surface area contributed by atoms with E-state index in [1.165, 1.54) is 31.2 Å². The van der Waals surface area contributed by atoms with Gasteiger partial charge in [-0.05, 0) is 36.0 Å². The highest BCUT2D eigenvalue weighted by Gasteiger charge is 2.25. The zero-order chi connectivity index (χ0) is 19.3. The van der Waals surface area contributed by atoms with Gasteiger partial charge in [0.1, 0.15) is 5.82 Å². The molecule has 0 saturated heterocycles. The molecule has 0 aliphatic heterocycles. The topological polar surface area (TPSA) is 43.6 Å². The predicted molar refractivity (Wildman–Crippen MR) is 114 cm³/mol. The normalized spacial score (nSPS) is 15.7. The van der Waals surface area contributed by atoms with E-state index < -0.39 is 0 Å². The summed E-state index contributed by atoms with van der Waals surface area (Å²) >= 11 is 0. The lowest BCUT2D eigenvalue weighted by atomic mass is 9.86. The fourth-order valence-electron chi connectivity index (χ4n) is 4.30. The minimum atomic E-state index is 0.144. The molecule has 4 nitrogen and oxygen atoms in total. The van der Waals surface area contributed by atoms with Gasteiger partial charge in [-0.1, -0.05) is 70.0 Å². The van der Waals surface area contributed by atoms with Crippen LogP contribution in [0.2, 0.25) is 0 Å². The van der Waals surface area contributed by atoms with Crippen LogP contribution in [-0.4, -0.2) is 19.5 Å². The van der Waals surface area contributed by atoms with Crippen molar-refractivity contribution in [3.63, 3.8) is 0 Å². The highest BCUT2D eigenvalue weighted by Crippen LogP contribution is 2.37. The molecule has 0 amide bonds. The summed E-state index contributed by atoms with van der Waals surface area (Å²) in [4.78, 5) is 14.7. The van der Waals surface area contributed by atoms with Crippen LogP contribution in [0, 0.1) is 0 Å². The number of hydrogen-bond donors (Lipinski definition) is 0. The largest absolute Gasteiger partial charge is 0.304 e. The van der Waals surface area contributed by atoms with Crippen LogP contribution in [0.1, 0.15) is 58.1 Å². The maximum absolute atomic E-state index is 4.96. The quantitative estimate of drug-likeness (QED) is 0.431. The van der Waals surface area contributed by atoms with Crippen molar-refractivity contribution in [2.45, 2.75) is 57.9 Å². The lowest BCUT2D eigenvalue weighted by molar-refractivity contribution is 0.534. The maximum atomic E-state index is 4.96. The first kappa shape index (κ1) is 17.4. The van der Waals surface area contributed by atoms with E-state index in [1.807, 2.05) is 24.3 Å². The average molecular weight is 371 g/mol. The molecule has 2 heterocycles. The molecule has 0 spiro atoms. The van der Waals surface area contributed by atoms with E-state index >= 15 is 0 Å². The van der Waals surface area contributed by atoms with Crippen molar-refractivity contribution in [1.29, 1.82) is 0 Å². The first-order valence-electron chi connectivity index (χ1n) is 10.3. The number of fused-ring (bicyclic) bond motifs is 2. The highest BCUT2D eigenvalue weighted by molar-refractivity contribution is 5.85. The molecular weight excluding hydrogens is 344 g/mol. The number of rotatable bonds is 2. The van der Waals surface area contributed by atoms with Gasteiger partial charge < -0.3 is 4.57 Å². The molecule has 0 N–H and O–H groups in total. The fourth-order valence-corrected chi connectivity index (χ4v) is 4.30. The Kier molecular flexibility index (Phi) is 3.97. The Labute approximate surface area is 165 Å². The van der Waals surface area contributed by atoms with E-state index in [0.29, 0.717) is 6.04 Å². The Bertz CT molecular complexity index is 1140. The minimum absolute atomic E-state index is 0.144. The van der Waals surface area contributed by atoms with Gasteiger partial charge in [-0.15, -0.1) is 0 Å². The second-order valence-electron chi connectivity index (χ2n) is 8.93. The number of benzene rings is 2. The summed E-state index contributed by atoms with van der Waals surface area (Å²) in [7, 11) is 0. The maximum Gasteiger partial charge on any atom is 0.198 e. The van der Waals surface area contributed by atoms with Gasteiger partial charge in [-0.2, -0.15) is 0 Å². The fraction of sp³-hybridized carbons (Fsp3) is 0.375. The monoisotopic (exact) mass is 370 g/mol. The molecule has 2 aromatic heterocycles. The Hall–Kier alpha value is -2.75. The van der Waals surface area contributed by atoms with Crippen LogP contribution in [0.5, 0.6) is 0 Å². The summed E-state index contributed by atoms with van der Waals surface area (Å²) in [5, 5.41) is 0. The standard InChI is InChI=1S/C24H26N4/c1-24(2,3)17-14-12-16(13-15-17)22-27-21-23(28(22)18-8-4-5-9-18)26-20-11-7-6-10-19(20)25-21/h6-7,10-15,18H,4-5,8-9H2,1-3H3. The van der Waals surface area contributed by atoms with Crippen LogP contribution in [0.3, 0.4) is 0 Å². The van der Waals surface area contributed by atoms with Crippen molar-refractivity contribution in [3.8, 4) is 11.4 Å². The van der Waals surface area contributed by atoms with Gasteiger partial charge in [0, 0.05) is 11.6 Å². The molecular formula is C24H26N4. The summed E-state index contributed by atoms with van der Waals surface area (Å²) in [5.74, 6) is 0.998. The van der Waals surface area contributed by atoms with Crippen LogP contribution in [0.15, 0.2) is 48.5 Å². The zero-order valence-electron chi connectivity index (χ0n) is 16.8. The number of imidazole rings is 1. The van der Waals surface area contributed by atoms with E-state index in [2.05, 4.69) is 49.6 Å². The Morgan fingerprint density at radius 3 is 2.11 bits per heavy atom. The Morgan fingerprint density at radius 1 is 0.821 bits per heavy atom.